The molecule has 7 rings (SSSR count). The highest BCUT2D eigenvalue weighted by Gasteiger charge is 2.50. The molecule has 5 atom stereocenters. The fourth-order valence-corrected chi connectivity index (χ4v) is 17.2. The van der Waals surface area contributed by atoms with Gasteiger partial charge in [0.1, 0.15) is 34.9 Å². The highest BCUT2D eigenvalue weighted by Crippen LogP contribution is 2.60. The van der Waals surface area contributed by atoms with Gasteiger partial charge in [-0.1, -0.05) is 136 Å². The average Bonchev–Trinajstić information content (AvgIpc) is 1.60. The minimum absolute atomic E-state index is 0.00437. The van der Waals surface area contributed by atoms with Gasteiger partial charge in [0.15, 0.2) is 0 Å². The van der Waals surface area contributed by atoms with Crippen molar-refractivity contribution in [2.24, 2.45) is 35.0 Å². The van der Waals surface area contributed by atoms with E-state index in [-0.39, 0.29) is 98.3 Å². The molecule has 108 heavy (non-hydrogen) atoms. The summed E-state index contributed by atoms with van der Waals surface area (Å²) in [6.07, 6.45) is 24.1. The van der Waals surface area contributed by atoms with Gasteiger partial charge in [-0.05, 0) is 154 Å². The first kappa shape index (κ1) is 91.0. The third-order valence-corrected chi connectivity index (χ3v) is 24.1. The summed E-state index contributed by atoms with van der Waals surface area (Å²) < 4.78 is 26.5. The van der Waals surface area contributed by atoms with Gasteiger partial charge in [0, 0.05) is 91.9 Å². The van der Waals surface area contributed by atoms with Gasteiger partial charge in [-0.2, -0.15) is 0 Å². The van der Waals surface area contributed by atoms with E-state index < -0.39 is 13.4 Å². The topological polar surface area (TPSA) is 393 Å². The van der Waals surface area contributed by atoms with Gasteiger partial charge >= 0.3 is 19.8 Å². The SMILES string of the molecule is C/C(=C(\CCOC(=O)C(C)C)SS/C(CCOC(=O)C(C)C)=C(/C)N(C=O)Cc1cnc(C)nc1N)N(C=O)Cc1cnc(C)nc1N.C/C(=C(\CCOP(=O)(O)O)SC(=O)c1ccccc1)N(C=O)Cc1cnc(C)nc1N.C=C1CC[C@H](O)C/C1=C/C=C1\CCC[C@]2(C)[C@@H]([C@H](C)CCCC(C)(C)O)CC[C@@H]12. The molecule has 3 heterocycles. The van der Waals surface area contributed by atoms with E-state index in [0.717, 1.165) is 71.4 Å². The minimum Gasteiger partial charge on any atom is -0.465 e. The number of carbonyl (C=O) groups excluding carboxylic acids is 6. The van der Waals surface area contributed by atoms with Crippen molar-refractivity contribution in [3.8, 4) is 0 Å². The van der Waals surface area contributed by atoms with Gasteiger partial charge in [-0.15, -0.1) is 0 Å². The number of hydrogen-bond donors (Lipinski definition) is 7. The molecule has 3 fully saturated rings. The number of anilines is 3. The lowest BCUT2D eigenvalue weighted by molar-refractivity contribution is -0.148. The van der Waals surface area contributed by atoms with Crippen LogP contribution >= 0.6 is 41.2 Å². The van der Waals surface area contributed by atoms with E-state index in [0.29, 0.717) is 99.2 Å². The number of nitrogens with zero attached hydrogens (tertiary/aromatic N) is 9. The second-order valence-electron chi connectivity index (χ2n) is 29.1. The van der Waals surface area contributed by atoms with Crippen LogP contribution in [-0.4, -0.2) is 132 Å². The quantitative estimate of drug-likeness (QED) is 0.00973. The molecule has 592 valence electrons. The molecular formula is C78H113N12O14PS3. The Hall–Kier alpha value is -7.60. The Morgan fingerprint density at radius 3 is 1.57 bits per heavy atom. The summed E-state index contributed by atoms with van der Waals surface area (Å²) in [6.45, 7) is 30.5. The zero-order chi connectivity index (χ0) is 80.2. The second-order valence-corrected chi connectivity index (χ2v) is 33.7. The first-order valence-corrected chi connectivity index (χ1v) is 41.0. The number of phosphoric acid groups is 1. The fraction of sp³-hybridized carbons (Fsp3) is 0.538. The molecule has 0 radical (unpaired) electrons. The van der Waals surface area contributed by atoms with Crippen molar-refractivity contribution in [1.82, 2.24) is 44.6 Å². The monoisotopic (exact) mass is 1570 g/mol. The van der Waals surface area contributed by atoms with Crippen LogP contribution in [0.2, 0.25) is 0 Å². The van der Waals surface area contributed by atoms with E-state index in [1.54, 1.807) is 118 Å². The van der Waals surface area contributed by atoms with Crippen molar-refractivity contribution in [2.45, 2.75) is 218 Å². The molecule has 30 heteroatoms. The molecule has 3 aliphatic carbocycles. The Bertz CT molecular complexity index is 3840. The zero-order valence-electron chi connectivity index (χ0n) is 65.1. The number of ether oxygens (including phenoxy) is 2. The van der Waals surface area contributed by atoms with Crippen molar-refractivity contribution in [1.29, 1.82) is 0 Å². The average molecular weight is 1570 g/mol. The molecular weight excluding hydrogens is 1460 g/mol. The van der Waals surface area contributed by atoms with Crippen LogP contribution in [-0.2, 0) is 62.2 Å². The van der Waals surface area contributed by atoms with Crippen molar-refractivity contribution in [3.05, 3.63) is 156 Å². The molecule has 0 bridgehead atoms. The number of aliphatic hydroxyl groups excluding tert-OH is 1. The molecule has 3 aromatic heterocycles. The number of aryl methyl sites for hydroxylation is 3. The maximum Gasteiger partial charge on any atom is 0.469 e. The van der Waals surface area contributed by atoms with Crippen LogP contribution < -0.4 is 17.2 Å². The first-order valence-electron chi connectivity index (χ1n) is 36.5. The number of amides is 3. The molecule has 0 aliphatic heterocycles. The van der Waals surface area contributed by atoms with Crippen molar-refractivity contribution in [3.63, 3.8) is 0 Å². The number of benzene rings is 1. The number of hydrogen-bond acceptors (Lipinski definition) is 24. The standard InChI is InChI=1S/C32H46N8O6S2.C27H44O2.C19H23N4O6PS/c1-19(2)31(43)45-11-9-27(21(5)39(17-41)15-25-13-35-23(7)37-29(25)33)47-48-28(10-12-46-32(44)20(3)4)22(6)40(18-42)16-26-14-36-24(8)38-30(26)34;1-19-10-13-23(28)18-22(19)12-11-21-9-7-17-27(5)24(14-15-25(21)27)20(2)8-6-16-26(3,4)29;1-13(23(12-24)11-16-10-21-14(2)22-18(16)20)17(8-9-29-30(26,27)28)31-19(25)15-6-4-3-5-7-15/h13-14,17-20H,9-12,15-16H2,1-8H3,(H2,33,35,37)(H2,34,36,38);11-12,20,23-25,28-29H,1,6-10,13-18H2,2-5H3;3-7,10,12H,8-9,11H2,1-2H3,(H2,20,21,22)(H2,26,27,28)/b27-21-,28-22-;21-11+,22-12-;17-13-/t;20-,23+,24-,25+,27-;/m.1./s1. The Kier molecular flexibility index (Phi) is 36.8. The van der Waals surface area contributed by atoms with Gasteiger partial charge < -0.3 is 61.4 Å². The van der Waals surface area contributed by atoms with E-state index in [4.69, 9.17) is 36.5 Å². The van der Waals surface area contributed by atoms with Crippen LogP contribution in [0.15, 0.2) is 116 Å². The largest absolute Gasteiger partial charge is 0.469 e. The lowest BCUT2D eigenvalue weighted by atomic mass is 9.60. The molecule has 0 saturated heterocycles. The highest BCUT2D eigenvalue weighted by atomic mass is 33.1. The van der Waals surface area contributed by atoms with Gasteiger partial charge in [0.05, 0.1) is 63.0 Å². The van der Waals surface area contributed by atoms with E-state index in [1.807, 2.05) is 13.8 Å². The smallest absolute Gasteiger partial charge is 0.465 e. The lowest BCUT2D eigenvalue weighted by Gasteiger charge is -2.44. The Balaban J connectivity index is 0.000000303. The van der Waals surface area contributed by atoms with Crippen LogP contribution in [0.25, 0.3) is 0 Å². The van der Waals surface area contributed by atoms with E-state index >= 15 is 0 Å². The number of thioether (sulfide) groups is 1. The lowest BCUT2D eigenvalue weighted by Crippen LogP contribution is -2.36. The maximum atomic E-state index is 12.7. The van der Waals surface area contributed by atoms with Crippen molar-refractivity contribution >= 4 is 94.9 Å². The molecule has 1 aromatic carbocycles. The number of carbonyl (C=O) groups is 6. The number of fused-ring (bicyclic) bond motifs is 1. The van der Waals surface area contributed by atoms with Crippen LogP contribution in [0.4, 0.5) is 17.5 Å². The Labute approximate surface area is 649 Å². The number of phosphoric ester groups is 1. The predicted octanol–water partition coefficient (Wildman–Crippen LogP) is 14.1. The first-order chi connectivity index (χ1) is 50.9. The summed E-state index contributed by atoms with van der Waals surface area (Å²) >= 11 is 0.862. The highest BCUT2D eigenvalue weighted by molar-refractivity contribution is 8.79. The zero-order valence-corrected chi connectivity index (χ0v) is 68.5. The summed E-state index contributed by atoms with van der Waals surface area (Å²) in [6, 6.07) is 8.52. The van der Waals surface area contributed by atoms with Crippen LogP contribution in [0.3, 0.4) is 0 Å². The molecule has 3 saturated carbocycles. The minimum atomic E-state index is -4.67. The number of nitrogen functional groups attached to an aromatic ring is 3. The number of aromatic nitrogens is 6. The number of allylic oxidation sites excluding steroid dienone is 7. The van der Waals surface area contributed by atoms with Crippen LogP contribution in [0, 0.1) is 55.8 Å². The Morgan fingerprint density at radius 2 is 1.15 bits per heavy atom. The molecule has 3 amide bonds. The van der Waals surface area contributed by atoms with E-state index in [9.17, 15) is 43.5 Å². The van der Waals surface area contributed by atoms with Gasteiger partial charge in [-0.25, -0.2) is 34.5 Å². The van der Waals surface area contributed by atoms with Gasteiger partial charge in [0.2, 0.25) is 24.3 Å². The molecule has 3 aliphatic rings. The molecule has 4 aromatic rings. The van der Waals surface area contributed by atoms with Crippen LogP contribution in [0.5, 0.6) is 0 Å². The van der Waals surface area contributed by atoms with Crippen molar-refractivity contribution < 1.29 is 67.3 Å². The summed E-state index contributed by atoms with van der Waals surface area (Å²) in [7, 11) is -1.99. The summed E-state index contributed by atoms with van der Waals surface area (Å²) in [4.78, 5) is 123. The van der Waals surface area contributed by atoms with Crippen LogP contribution in [0.1, 0.15) is 211 Å². The Morgan fingerprint density at radius 1 is 0.694 bits per heavy atom. The van der Waals surface area contributed by atoms with E-state index in [2.05, 4.69) is 67.0 Å². The normalized spacial score (nSPS) is 19.0. The molecule has 10 N–H and O–H groups in total. The summed E-state index contributed by atoms with van der Waals surface area (Å²) in [5.74, 6) is 3.24. The van der Waals surface area contributed by atoms with Gasteiger partial charge in [-0.3, -0.25) is 33.3 Å². The maximum absolute atomic E-state index is 12.7. The van der Waals surface area contributed by atoms with Gasteiger partial charge in [0.25, 0.3) is 0 Å². The third kappa shape index (κ3) is 29.3. The number of aliphatic hydroxyl groups is 2. The fourth-order valence-electron chi connectivity index (χ4n) is 13.1. The molecule has 0 unspecified atom stereocenters. The molecule has 26 nitrogen and oxygen atoms in total. The summed E-state index contributed by atoms with van der Waals surface area (Å²) in [5, 5.41) is 19.8. The van der Waals surface area contributed by atoms with E-state index in [1.165, 1.54) is 92.2 Å². The predicted molar refractivity (Wildman–Crippen MR) is 426 cm³/mol. The number of esters is 2. The number of nitrogens with two attached hydrogens (primary N) is 3. The van der Waals surface area contributed by atoms with Crippen molar-refractivity contribution in [2.75, 3.05) is 37.0 Å². The second kappa shape index (κ2) is 43.7. The number of rotatable bonds is 35. The summed E-state index contributed by atoms with van der Waals surface area (Å²) in [5.41, 5.74) is 25.9. The molecule has 0 spiro atoms. The third-order valence-electron chi connectivity index (χ3n) is 19.5.